The molecule has 15 nitrogen and oxygen atoms in total. The second-order valence-corrected chi connectivity index (χ2v) is 12.6. The Labute approximate surface area is 264 Å². The first kappa shape index (κ1) is 38.8. The van der Waals surface area contributed by atoms with E-state index in [-0.39, 0.29) is 30.1 Å². The van der Waals surface area contributed by atoms with Gasteiger partial charge in [-0.15, -0.1) is 0 Å². The van der Waals surface area contributed by atoms with Gasteiger partial charge in [-0.25, -0.2) is 4.79 Å². The molecule has 0 aromatic heterocycles. The lowest BCUT2D eigenvalue weighted by molar-refractivity contribution is -0.384. The Morgan fingerprint density at radius 2 is 1.22 bits per heavy atom. The molecular weight excluding hydrogens is 586 g/mol. The molecule has 0 heterocycles. The van der Waals surface area contributed by atoms with Gasteiger partial charge in [0.25, 0.3) is 5.69 Å². The Balaban J connectivity index is 2.71. The number of nitrogens with zero attached hydrogens (tertiary/aromatic N) is 1. The van der Waals surface area contributed by atoms with E-state index < -0.39 is 64.4 Å². The van der Waals surface area contributed by atoms with Crippen LogP contribution in [0.3, 0.4) is 0 Å². The summed E-state index contributed by atoms with van der Waals surface area (Å²) in [5, 5.41) is 27.2. The Morgan fingerprint density at radius 1 is 0.733 bits per heavy atom. The highest BCUT2D eigenvalue weighted by Crippen LogP contribution is 2.15. The van der Waals surface area contributed by atoms with Gasteiger partial charge in [0.15, 0.2) is 0 Å². The van der Waals surface area contributed by atoms with Crippen LogP contribution in [0.5, 0.6) is 0 Å². The molecule has 0 radical (unpaired) electrons. The fourth-order valence-corrected chi connectivity index (χ4v) is 3.89. The molecule has 0 saturated heterocycles. The fourth-order valence-electron chi connectivity index (χ4n) is 3.89. The van der Waals surface area contributed by atoms with Crippen LogP contribution >= 0.6 is 0 Å². The lowest BCUT2D eigenvalue weighted by Crippen LogP contribution is -2.58. The molecule has 1 aromatic rings. The standard InChI is InChI=1S/C30H49N7O8/c1-16(2)23(36-27(40)20(7)34-29(42)45-30(8,9)10)15-31-24(17(3)4)28(41)33-18(5)25(38)32-19(6)26(39)35-21-11-13-22(14-12-21)37(43)44/h11-14,16-20,23-24,31H,15H2,1-10H3,(H,32,38)(H,33,41)(H,34,42)(H,35,39)(H,36,40)/t18-,19-,20-,23+,24-/m0/s1. The second-order valence-electron chi connectivity index (χ2n) is 12.6. The number of carbonyl (C=O) groups excluding carboxylic acids is 5. The summed E-state index contributed by atoms with van der Waals surface area (Å²) < 4.78 is 5.20. The van der Waals surface area contributed by atoms with E-state index in [9.17, 15) is 34.1 Å². The minimum atomic E-state index is -0.976. The van der Waals surface area contributed by atoms with Crippen LogP contribution in [0, 0.1) is 22.0 Å². The third kappa shape index (κ3) is 13.9. The summed E-state index contributed by atoms with van der Waals surface area (Å²) in [4.78, 5) is 73.5. The van der Waals surface area contributed by atoms with E-state index in [4.69, 9.17) is 4.74 Å². The molecule has 15 heteroatoms. The van der Waals surface area contributed by atoms with Gasteiger partial charge in [0.05, 0.1) is 11.0 Å². The van der Waals surface area contributed by atoms with Crippen molar-refractivity contribution < 1.29 is 33.6 Å². The number of nitro benzene ring substituents is 1. The SMILES string of the molecule is CC(C)[C@H](NC[C@@H](NC(=O)[C@H](C)NC(=O)OC(C)(C)C)C(C)C)C(=O)N[C@@H](C)C(=O)N[C@@H](C)C(=O)Nc1ccc([N+](=O)[O-])cc1. The number of ether oxygens (including phenoxy) is 1. The van der Waals surface area contributed by atoms with Crippen LogP contribution < -0.4 is 31.9 Å². The van der Waals surface area contributed by atoms with E-state index in [2.05, 4.69) is 31.9 Å². The Kier molecular flexibility index (Phi) is 14.9. The monoisotopic (exact) mass is 635 g/mol. The summed E-state index contributed by atoms with van der Waals surface area (Å²) >= 11 is 0. The van der Waals surface area contributed by atoms with Gasteiger partial charge >= 0.3 is 6.09 Å². The smallest absolute Gasteiger partial charge is 0.408 e. The van der Waals surface area contributed by atoms with Crippen LogP contribution in [-0.2, 0) is 23.9 Å². The first-order chi connectivity index (χ1) is 20.7. The molecule has 1 rings (SSSR count). The fraction of sp³-hybridized carbons (Fsp3) is 0.633. The van der Waals surface area contributed by atoms with Gasteiger partial charge in [-0.05, 0) is 65.5 Å². The van der Waals surface area contributed by atoms with Gasteiger partial charge in [-0.2, -0.15) is 0 Å². The van der Waals surface area contributed by atoms with Crippen LogP contribution in [0.15, 0.2) is 24.3 Å². The molecule has 0 aliphatic carbocycles. The van der Waals surface area contributed by atoms with Gasteiger partial charge in [0, 0.05) is 30.4 Å². The third-order valence-corrected chi connectivity index (χ3v) is 6.62. The number of alkyl carbamates (subject to hydrolysis) is 1. The maximum absolute atomic E-state index is 13.2. The minimum absolute atomic E-state index is 0.0191. The number of nitrogens with one attached hydrogen (secondary N) is 6. The summed E-state index contributed by atoms with van der Waals surface area (Å²) in [5.74, 6) is -2.18. The van der Waals surface area contributed by atoms with Crippen molar-refractivity contribution in [2.45, 2.75) is 105 Å². The van der Waals surface area contributed by atoms with E-state index in [1.54, 1.807) is 27.7 Å². The third-order valence-electron chi connectivity index (χ3n) is 6.62. The Bertz CT molecular complexity index is 1200. The Morgan fingerprint density at radius 3 is 1.71 bits per heavy atom. The van der Waals surface area contributed by atoms with Crippen LogP contribution in [0.1, 0.15) is 69.2 Å². The zero-order valence-electron chi connectivity index (χ0n) is 27.8. The van der Waals surface area contributed by atoms with Crippen molar-refractivity contribution in [1.82, 2.24) is 26.6 Å². The van der Waals surface area contributed by atoms with Crippen LogP contribution in [-0.4, -0.2) is 77.0 Å². The van der Waals surface area contributed by atoms with Gasteiger partial charge < -0.3 is 36.6 Å². The number of anilines is 1. The topological polar surface area (TPSA) is 210 Å². The number of benzene rings is 1. The molecule has 0 fully saturated rings. The molecule has 252 valence electrons. The number of non-ortho nitro benzene ring substituents is 1. The zero-order valence-corrected chi connectivity index (χ0v) is 27.8. The number of amides is 5. The minimum Gasteiger partial charge on any atom is -0.444 e. The number of rotatable bonds is 15. The molecule has 0 aliphatic rings. The molecule has 0 bridgehead atoms. The summed E-state index contributed by atoms with van der Waals surface area (Å²) in [6, 6.07) is 1.36. The average molecular weight is 636 g/mol. The molecule has 5 atom stereocenters. The van der Waals surface area contributed by atoms with Gasteiger partial charge in [0.2, 0.25) is 23.6 Å². The molecule has 0 unspecified atom stereocenters. The van der Waals surface area contributed by atoms with Crippen molar-refractivity contribution in [3.8, 4) is 0 Å². The van der Waals surface area contributed by atoms with Crippen molar-refractivity contribution in [1.29, 1.82) is 0 Å². The number of hydrogen-bond donors (Lipinski definition) is 6. The molecule has 0 spiro atoms. The van der Waals surface area contributed by atoms with Crippen molar-refractivity contribution >= 4 is 41.1 Å². The van der Waals surface area contributed by atoms with Crippen LogP contribution in [0.4, 0.5) is 16.2 Å². The molecule has 45 heavy (non-hydrogen) atoms. The maximum Gasteiger partial charge on any atom is 0.408 e. The lowest BCUT2D eigenvalue weighted by atomic mass is 10.00. The van der Waals surface area contributed by atoms with Crippen molar-refractivity contribution in [3.05, 3.63) is 34.4 Å². The molecule has 6 N–H and O–H groups in total. The maximum atomic E-state index is 13.2. The van der Waals surface area contributed by atoms with Crippen LogP contribution in [0.2, 0.25) is 0 Å². The second kappa shape index (κ2) is 17.3. The lowest BCUT2D eigenvalue weighted by Gasteiger charge is -2.29. The number of hydrogen-bond acceptors (Lipinski definition) is 9. The van der Waals surface area contributed by atoms with Crippen LogP contribution in [0.25, 0.3) is 0 Å². The van der Waals surface area contributed by atoms with Crippen molar-refractivity contribution in [2.75, 3.05) is 11.9 Å². The predicted molar refractivity (Wildman–Crippen MR) is 169 cm³/mol. The first-order valence-electron chi connectivity index (χ1n) is 14.9. The summed E-state index contributed by atoms with van der Waals surface area (Å²) in [5.41, 5.74) is -0.512. The average Bonchev–Trinajstić information content (AvgIpc) is 2.90. The van der Waals surface area contributed by atoms with E-state index in [0.717, 1.165) is 0 Å². The van der Waals surface area contributed by atoms with Crippen molar-refractivity contribution in [2.24, 2.45) is 11.8 Å². The normalized spacial score (nSPS) is 14.8. The largest absolute Gasteiger partial charge is 0.444 e. The summed E-state index contributed by atoms with van der Waals surface area (Å²) in [6.07, 6.45) is -0.710. The quantitative estimate of drug-likeness (QED) is 0.123. The Hall–Kier alpha value is -4.27. The molecule has 1 aromatic carbocycles. The highest BCUT2D eigenvalue weighted by molar-refractivity contribution is 5.98. The highest BCUT2D eigenvalue weighted by Gasteiger charge is 2.29. The van der Waals surface area contributed by atoms with E-state index >= 15 is 0 Å². The van der Waals surface area contributed by atoms with Gasteiger partial charge in [-0.1, -0.05) is 27.7 Å². The predicted octanol–water partition coefficient (Wildman–Crippen LogP) is 2.21. The molecule has 0 saturated carbocycles. The summed E-state index contributed by atoms with van der Waals surface area (Å²) in [6.45, 7) is 17.4. The van der Waals surface area contributed by atoms with E-state index in [1.165, 1.54) is 38.1 Å². The summed E-state index contributed by atoms with van der Waals surface area (Å²) in [7, 11) is 0. The van der Waals surface area contributed by atoms with Gasteiger partial charge in [-0.3, -0.25) is 29.3 Å². The molecule has 0 aliphatic heterocycles. The van der Waals surface area contributed by atoms with E-state index in [1.807, 2.05) is 27.7 Å². The van der Waals surface area contributed by atoms with Gasteiger partial charge in [0.1, 0.15) is 23.7 Å². The molecular formula is C30H49N7O8. The highest BCUT2D eigenvalue weighted by atomic mass is 16.6. The van der Waals surface area contributed by atoms with Crippen molar-refractivity contribution in [3.63, 3.8) is 0 Å². The number of nitro groups is 1. The number of carbonyl (C=O) groups is 5. The zero-order chi connectivity index (χ0) is 34.6. The van der Waals surface area contributed by atoms with E-state index in [0.29, 0.717) is 5.69 Å². The molecule has 5 amide bonds. The first-order valence-corrected chi connectivity index (χ1v) is 14.9.